The molecule has 0 aliphatic carbocycles. The predicted molar refractivity (Wildman–Crippen MR) is 70.9 cm³/mol. The number of hydrogen-bond donors (Lipinski definition) is 1. The molecule has 0 aliphatic heterocycles. The van der Waals surface area contributed by atoms with Crippen LogP contribution in [0.1, 0.15) is 11.3 Å². The fraction of sp³-hybridized carbons (Fsp3) is 0.250. The molecular weight excluding hydrogens is 246 g/mol. The third-order valence-corrected chi connectivity index (χ3v) is 2.61. The number of pyridine rings is 1. The van der Waals surface area contributed by atoms with E-state index in [0.29, 0.717) is 17.2 Å². The topological polar surface area (TPSA) is 93.8 Å². The lowest BCUT2D eigenvalue weighted by Crippen LogP contribution is -2.05. The van der Waals surface area contributed by atoms with Crippen molar-refractivity contribution in [2.75, 3.05) is 12.4 Å². The molecule has 0 spiro atoms. The number of nitrogens with zero attached hydrogens (tertiary/aromatic N) is 4. The van der Waals surface area contributed by atoms with Gasteiger partial charge in [-0.05, 0) is 25.5 Å². The van der Waals surface area contributed by atoms with Crippen molar-refractivity contribution < 1.29 is 4.92 Å². The van der Waals surface area contributed by atoms with Crippen LogP contribution < -0.4 is 5.32 Å². The highest BCUT2D eigenvalue weighted by Crippen LogP contribution is 2.30. The number of hydrogen-bond acceptors (Lipinski definition) is 6. The Kier molecular flexibility index (Phi) is 3.37. The van der Waals surface area contributed by atoms with Gasteiger partial charge in [-0.1, -0.05) is 0 Å². The maximum atomic E-state index is 11.2. The molecule has 98 valence electrons. The standard InChI is InChI=1S/C12H13N5O2/c1-7-4-9(6-14-5-7)10-11(17(18)19)8(2)15-12(13-3)16-10/h4-6H,1-3H3,(H,13,15,16). The van der Waals surface area contributed by atoms with Gasteiger partial charge >= 0.3 is 5.69 Å². The first kappa shape index (κ1) is 12.9. The van der Waals surface area contributed by atoms with E-state index < -0.39 is 4.92 Å². The summed E-state index contributed by atoms with van der Waals surface area (Å²) in [6, 6.07) is 1.81. The summed E-state index contributed by atoms with van der Waals surface area (Å²) in [4.78, 5) is 23.0. The monoisotopic (exact) mass is 259 g/mol. The maximum Gasteiger partial charge on any atom is 0.316 e. The first-order chi connectivity index (χ1) is 9.02. The molecule has 0 aliphatic rings. The van der Waals surface area contributed by atoms with Crippen molar-refractivity contribution in [3.8, 4) is 11.3 Å². The highest BCUT2D eigenvalue weighted by Gasteiger charge is 2.23. The van der Waals surface area contributed by atoms with Crippen LogP contribution in [0.15, 0.2) is 18.5 Å². The van der Waals surface area contributed by atoms with Crippen molar-refractivity contribution in [2.24, 2.45) is 0 Å². The van der Waals surface area contributed by atoms with E-state index in [1.165, 1.54) is 0 Å². The molecule has 0 bridgehead atoms. The average Bonchev–Trinajstić information content (AvgIpc) is 2.37. The number of nitro groups is 1. The molecule has 0 saturated carbocycles. The van der Waals surface area contributed by atoms with Gasteiger partial charge in [-0.15, -0.1) is 0 Å². The van der Waals surface area contributed by atoms with Gasteiger partial charge in [0.05, 0.1) is 4.92 Å². The molecular formula is C12H13N5O2. The van der Waals surface area contributed by atoms with Crippen LogP contribution in [0.5, 0.6) is 0 Å². The Morgan fingerprint density at radius 1 is 1.26 bits per heavy atom. The molecule has 0 saturated heterocycles. The zero-order valence-corrected chi connectivity index (χ0v) is 10.8. The van der Waals surface area contributed by atoms with E-state index in [1.54, 1.807) is 32.4 Å². The highest BCUT2D eigenvalue weighted by molar-refractivity contribution is 5.71. The second-order valence-corrected chi connectivity index (χ2v) is 4.09. The molecule has 0 unspecified atom stereocenters. The summed E-state index contributed by atoms with van der Waals surface area (Å²) in [6.45, 7) is 3.46. The quantitative estimate of drug-likeness (QED) is 0.670. The van der Waals surface area contributed by atoms with Crippen LogP contribution in [-0.4, -0.2) is 26.9 Å². The van der Waals surface area contributed by atoms with Crippen LogP contribution in [0.2, 0.25) is 0 Å². The summed E-state index contributed by atoms with van der Waals surface area (Å²) >= 11 is 0. The molecule has 0 amide bonds. The smallest absolute Gasteiger partial charge is 0.316 e. The van der Waals surface area contributed by atoms with E-state index in [2.05, 4.69) is 20.3 Å². The molecule has 0 atom stereocenters. The van der Waals surface area contributed by atoms with Gasteiger partial charge in [-0.25, -0.2) is 9.97 Å². The fourth-order valence-electron chi connectivity index (χ4n) is 1.78. The van der Waals surface area contributed by atoms with Crippen molar-refractivity contribution in [1.29, 1.82) is 0 Å². The van der Waals surface area contributed by atoms with E-state index in [4.69, 9.17) is 0 Å². The molecule has 0 radical (unpaired) electrons. The lowest BCUT2D eigenvalue weighted by Gasteiger charge is -2.07. The lowest BCUT2D eigenvalue weighted by molar-refractivity contribution is -0.385. The molecule has 19 heavy (non-hydrogen) atoms. The SMILES string of the molecule is CNc1nc(C)c([N+](=O)[O-])c(-c2cncc(C)c2)n1. The van der Waals surface area contributed by atoms with Crippen molar-refractivity contribution in [3.05, 3.63) is 39.8 Å². The first-order valence-electron chi connectivity index (χ1n) is 5.65. The molecule has 0 fully saturated rings. The van der Waals surface area contributed by atoms with Crippen LogP contribution in [0.3, 0.4) is 0 Å². The third kappa shape index (κ3) is 2.49. The zero-order chi connectivity index (χ0) is 14.0. The summed E-state index contributed by atoms with van der Waals surface area (Å²) in [6.07, 6.45) is 3.24. The number of rotatable bonds is 3. The number of anilines is 1. The van der Waals surface area contributed by atoms with Gasteiger partial charge < -0.3 is 5.32 Å². The second kappa shape index (κ2) is 4.97. The summed E-state index contributed by atoms with van der Waals surface area (Å²) in [5.74, 6) is 0.347. The lowest BCUT2D eigenvalue weighted by atomic mass is 10.1. The molecule has 2 aromatic rings. The van der Waals surface area contributed by atoms with Gasteiger partial charge in [0.15, 0.2) is 5.69 Å². The highest BCUT2D eigenvalue weighted by atomic mass is 16.6. The van der Waals surface area contributed by atoms with Crippen LogP contribution in [0, 0.1) is 24.0 Å². The summed E-state index contributed by atoms with van der Waals surface area (Å²) in [5, 5.41) is 14.0. The molecule has 2 heterocycles. The van der Waals surface area contributed by atoms with Gasteiger partial charge in [0.25, 0.3) is 0 Å². The van der Waals surface area contributed by atoms with Gasteiger partial charge in [0.1, 0.15) is 5.69 Å². The Bertz CT molecular complexity index is 642. The van der Waals surface area contributed by atoms with Gasteiger partial charge in [-0.2, -0.15) is 0 Å². The van der Waals surface area contributed by atoms with E-state index in [0.717, 1.165) is 5.56 Å². The largest absolute Gasteiger partial charge is 0.357 e. The molecule has 0 aromatic carbocycles. The van der Waals surface area contributed by atoms with Crippen LogP contribution in [0.4, 0.5) is 11.6 Å². The minimum absolute atomic E-state index is 0.0913. The molecule has 2 rings (SSSR count). The summed E-state index contributed by atoms with van der Waals surface area (Å²) in [5.41, 5.74) is 2.02. The minimum atomic E-state index is -0.466. The predicted octanol–water partition coefficient (Wildman–Crippen LogP) is 2.11. The second-order valence-electron chi connectivity index (χ2n) is 4.09. The minimum Gasteiger partial charge on any atom is -0.357 e. The molecule has 2 aromatic heterocycles. The molecule has 7 heteroatoms. The number of aryl methyl sites for hydroxylation is 2. The fourth-order valence-corrected chi connectivity index (χ4v) is 1.78. The average molecular weight is 259 g/mol. The number of nitrogens with one attached hydrogen (secondary N) is 1. The van der Waals surface area contributed by atoms with Crippen LogP contribution >= 0.6 is 0 Å². The van der Waals surface area contributed by atoms with Crippen molar-refractivity contribution in [2.45, 2.75) is 13.8 Å². The van der Waals surface area contributed by atoms with Crippen LogP contribution in [0.25, 0.3) is 11.3 Å². The van der Waals surface area contributed by atoms with Crippen molar-refractivity contribution in [1.82, 2.24) is 15.0 Å². The van der Waals surface area contributed by atoms with Crippen LogP contribution in [-0.2, 0) is 0 Å². The van der Waals surface area contributed by atoms with E-state index >= 15 is 0 Å². The Hall–Kier alpha value is -2.57. The summed E-state index contributed by atoms with van der Waals surface area (Å²) < 4.78 is 0. The molecule has 7 nitrogen and oxygen atoms in total. The van der Waals surface area contributed by atoms with E-state index in [-0.39, 0.29) is 11.4 Å². The Morgan fingerprint density at radius 2 is 2.00 bits per heavy atom. The van der Waals surface area contributed by atoms with Gasteiger partial charge in [-0.3, -0.25) is 15.1 Å². The van der Waals surface area contributed by atoms with Crippen molar-refractivity contribution >= 4 is 11.6 Å². The van der Waals surface area contributed by atoms with E-state index in [9.17, 15) is 10.1 Å². The Labute approximate surface area is 109 Å². The number of aromatic nitrogens is 3. The zero-order valence-electron chi connectivity index (χ0n) is 10.8. The Balaban J connectivity index is 2.72. The Morgan fingerprint density at radius 3 is 2.58 bits per heavy atom. The normalized spacial score (nSPS) is 10.3. The first-order valence-corrected chi connectivity index (χ1v) is 5.65. The van der Waals surface area contributed by atoms with Crippen molar-refractivity contribution in [3.63, 3.8) is 0 Å². The van der Waals surface area contributed by atoms with E-state index in [1.807, 2.05) is 6.92 Å². The van der Waals surface area contributed by atoms with Gasteiger partial charge in [0.2, 0.25) is 5.95 Å². The third-order valence-electron chi connectivity index (χ3n) is 2.61. The summed E-state index contributed by atoms with van der Waals surface area (Å²) in [7, 11) is 1.67. The molecule has 1 N–H and O–H groups in total. The van der Waals surface area contributed by atoms with Gasteiger partial charge in [0, 0.05) is 25.0 Å². The maximum absolute atomic E-state index is 11.2.